The fourth-order valence-corrected chi connectivity index (χ4v) is 4.73. The Bertz CT molecular complexity index is 1140. The van der Waals surface area contributed by atoms with Crippen LogP contribution in [0.2, 0.25) is 0 Å². The zero-order valence-electron chi connectivity index (χ0n) is 17.2. The predicted octanol–water partition coefficient (Wildman–Crippen LogP) is 5.73. The van der Waals surface area contributed by atoms with Gasteiger partial charge in [0.15, 0.2) is 0 Å². The van der Waals surface area contributed by atoms with E-state index in [-0.39, 0.29) is 30.2 Å². The third-order valence-corrected chi connectivity index (χ3v) is 6.35. The Morgan fingerprint density at radius 3 is 2.61 bits per heavy atom. The second-order valence-corrected chi connectivity index (χ2v) is 8.23. The summed E-state index contributed by atoms with van der Waals surface area (Å²) >= 11 is 0. The van der Waals surface area contributed by atoms with Crippen LogP contribution >= 0.6 is 0 Å². The van der Waals surface area contributed by atoms with Crippen molar-refractivity contribution >= 4 is 5.97 Å². The molecule has 0 amide bonds. The molecule has 0 saturated heterocycles. The molecule has 3 aromatic rings. The van der Waals surface area contributed by atoms with E-state index in [1.54, 1.807) is 12.1 Å². The van der Waals surface area contributed by atoms with Crippen LogP contribution in [-0.2, 0) is 24.2 Å². The SMILES string of the molecule is CCc1cc2c(cc1OCc1cc(Oc3ccccc3)ccc1F)CC1C(C(=O)O)C21. The van der Waals surface area contributed by atoms with Gasteiger partial charge in [0.1, 0.15) is 29.7 Å². The molecule has 1 N–H and O–H groups in total. The number of benzene rings is 3. The third-order valence-electron chi connectivity index (χ3n) is 6.35. The number of carbonyl (C=O) groups is 1. The fraction of sp³-hybridized carbons (Fsp3) is 0.269. The van der Waals surface area contributed by atoms with Crippen LogP contribution in [0.25, 0.3) is 0 Å². The van der Waals surface area contributed by atoms with Crippen LogP contribution in [0.15, 0.2) is 60.7 Å². The number of hydrogen-bond acceptors (Lipinski definition) is 3. The molecular weight excluding hydrogens is 395 g/mol. The molecule has 0 bridgehead atoms. The predicted molar refractivity (Wildman–Crippen MR) is 114 cm³/mol. The van der Waals surface area contributed by atoms with Crippen molar-refractivity contribution in [3.8, 4) is 17.2 Å². The van der Waals surface area contributed by atoms with E-state index in [1.165, 1.54) is 6.07 Å². The van der Waals surface area contributed by atoms with E-state index in [4.69, 9.17) is 9.47 Å². The zero-order chi connectivity index (χ0) is 21.5. The average molecular weight is 418 g/mol. The summed E-state index contributed by atoms with van der Waals surface area (Å²) in [5.74, 6) is 1.03. The van der Waals surface area contributed by atoms with E-state index < -0.39 is 5.97 Å². The number of rotatable bonds is 7. The van der Waals surface area contributed by atoms with Crippen LogP contribution in [0.4, 0.5) is 4.39 Å². The quantitative estimate of drug-likeness (QED) is 0.532. The summed E-state index contributed by atoms with van der Waals surface area (Å²) in [7, 11) is 0. The van der Waals surface area contributed by atoms with Crippen molar-refractivity contribution in [2.75, 3.05) is 0 Å². The van der Waals surface area contributed by atoms with Gasteiger partial charge in [-0.1, -0.05) is 31.2 Å². The van der Waals surface area contributed by atoms with E-state index in [0.717, 1.165) is 35.3 Å². The molecule has 1 fully saturated rings. The third kappa shape index (κ3) is 3.65. The van der Waals surface area contributed by atoms with Gasteiger partial charge in [-0.2, -0.15) is 0 Å². The molecule has 3 unspecified atom stereocenters. The number of halogens is 1. The van der Waals surface area contributed by atoms with Crippen molar-refractivity contribution < 1.29 is 23.8 Å². The summed E-state index contributed by atoms with van der Waals surface area (Å²) in [5, 5.41) is 9.35. The maximum absolute atomic E-state index is 14.4. The first-order valence-electron chi connectivity index (χ1n) is 10.6. The van der Waals surface area contributed by atoms with Gasteiger partial charge in [-0.3, -0.25) is 4.79 Å². The van der Waals surface area contributed by atoms with Gasteiger partial charge in [0.2, 0.25) is 0 Å². The van der Waals surface area contributed by atoms with Gasteiger partial charge in [0, 0.05) is 11.5 Å². The second-order valence-electron chi connectivity index (χ2n) is 8.23. The van der Waals surface area contributed by atoms with Gasteiger partial charge in [0.05, 0.1) is 5.92 Å². The smallest absolute Gasteiger partial charge is 0.307 e. The Morgan fingerprint density at radius 1 is 1.06 bits per heavy atom. The van der Waals surface area contributed by atoms with Gasteiger partial charge < -0.3 is 14.6 Å². The number of aryl methyl sites for hydroxylation is 1. The second kappa shape index (κ2) is 7.73. The monoisotopic (exact) mass is 418 g/mol. The van der Waals surface area contributed by atoms with Crippen molar-refractivity contribution in [1.82, 2.24) is 0 Å². The van der Waals surface area contributed by atoms with Crippen LogP contribution in [0.5, 0.6) is 17.2 Å². The van der Waals surface area contributed by atoms with Crippen LogP contribution in [0, 0.1) is 17.7 Å². The minimum Gasteiger partial charge on any atom is -0.489 e. The van der Waals surface area contributed by atoms with Gasteiger partial charge in [-0.05, 0) is 71.8 Å². The molecule has 5 heteroatoms. The van der Waals surface area contributed by atoms with Gasteiger partial charge in [-0.25, -0.2) is 4.39 Å². The van der Waals surface area contributed by atoms with E-state index in [2.05, 4.69) is 6.07 Å². The first-order chi connectivity index (χ1) is 15.0. The Labute approximate surface area is 180 Å². The lowest BCUT2D eigenvalue weighted by atomic mass is 9.98. The molecule has 31 heavy (non-hydrogen) atoms. The number of fused-ring (bicyclic) bond motifs is 3. The zero-order valence-corrected chi connectivity index (χ0v) is 17.2. The van der Waals surface area contributed by atoms with Crippen LogP contribution in [0.3, 0.4) is 0 Å². The first-order valence-corrected chi connectivity index (χ1v) is 10.6. The van der Waals surface area contributed by atoms with Crippen LogP contribution < -0.4 is 9.47 Å². The number of hydrogen-bond donors (Lipinski definition) is 1. The lowest BCUT2D eigenvalue weighted by Gasteiger charge is -2.16. The van der Waals surface area contributed by atoms with Crippen molar-refractivity contribution in [3.63, 3.8) is 0 Å². The molecule has 3 atom stereocenters. The highest BCUT2D eigenvalue weighted by molar-refractivity contribution is 5.78. The molecule has 2 aliphatic rings. The highest BCUT2D eigenvalue weighted by atomic mass is 19.1. The van der Waals surface area contributed by atoms with E-state index in [0.29, 0.717) is 17.1 Å². The van der Waals surface area contributed by atoms with Crippen molar-refractivity contribution in [3.05, 3.63) is 88.7 Å². The van der Waals surface area contributed by atoms with Gasteiger partial charge in [0.25, 0.3) is 0 Å². The molecular formula is C26H23FO4. The topological polar surface area (TPSA) is 55.8 Å². The van der Waals surface area contributed by atoms with Crippen LogP contribution in [-0.4, -0.2) is 11.1 Å². The number of carboxylic acids is 1. The highest BCUT2D eigenvalue weighted by Gasteiger charge is 2.59. The molecule has 0 radical (unpaired) electrons. The Morgan fingerprint density at radius 2 is 1.87 bits per heavy atom. The Kier molecular flexibility index (Phi) is 4.89. The summed E-state index contributed by atoms with van der Waals surface area (Å²) in [4.78, 5) is 11.4. The van der Waals surface area contributed by atoms with E-state index in [1.807, 2.05) is 43.3 Å². The molecule has 0 heterocycles. The molecule has 5 rings (SSSR count). The normalized spacial score (nSPS) is 20.6. The molecule has 0 spiro atoms. The maximum Gasteiger partial charge on any atom is 0.307 e. The average Bonchev–Trinajstić information content (AvgIpc) is 3.38. The minimum atomic E-state index is -0.702. The standard InChI is InChI=1S/C26H23FO4/c1-2-15-11-20-16(12-21-24(20)25(21)26(28)29)13-23(15)30-14-17-10-19(8-9-22(17)27)31-18-6-4-3-5-7-18/h3-11,13,21,24-25H,2,12,14H2,1H3,(H,28,29). The summed E-state index contributed by atoms with van der Waals surface area (Å²) < 4.78 is 26.2. The van der Waals surface area contributed by atoms with Crippen molar-refractivity contribution in [1.29, 1.82) is 0 Å². The van der Waals surface area contributed by atoms with E-state index >= 15 is 0 Å². The summed E-state index contributed by atoms with van der Waals surface area (Å²) in [6.07, 6.45) is 1.53. The van der Waals surface area contributed by atoms with Crippen LogP contribution in [0.1, 0.15) is 35.1 Å². The lowest BCUT2D eigenvalue weighted by molar-refractivity contribution is -0.139. The van der Waals surface area contributed by atoms with Gasteiger partial charge in [-0.15, -0.1) is 0 Å². The largest absolute Gasteiger partial charge is 0.489 e. The first kappa shape index (κ1) is 19.6. The molecule has 158 valence electrons. The number of carboxylic acid groups (broad SMARTS) is 1. The number of aliphatic carboxylic acids is 1. The summed E-state index contributed by atoms with van der Waals surface area (Å²) in [6, 6.07) is 18.1. The summed E-state index contributed by atoms with van der Waals surface area (Å²) in [5.41, 5.74) is 3.74. The Hall–Kier alpha value is -3.34. The molecule has 4 nitrogen and oxygen atoms in total. The van der Waals surface area contributed by atoms with Gasteiger partial charge >= 0.3 is 5.97 Å². The Balaban J connectivity index is 1.33. The number of para-hydroxylation sites is 1. The molecule has 2 aliphatic carbocycles. The van der Waals surface area contributed by atoms with Crippen molar-refractivity contribution in [2.24, 2.45) is 11.8 Å². The fourth-order valence-electron chi connectivity index (χ4n) is 4.73. The minimum absolute atomic E-state index is 0.0915. The molecule has 0 aliphatic heterocycles. The maximum atomic E-state index is 14.4. The van der Waals surface area contributed by atoms with Crippen molar-refractivity contribution in [2.45, 2.75) is 32.3 Å². The molecule has 1 saturated carbocycles. The molecule has 3 aromatic carbocycles. The van der Waals surface area contributed by atoms with E-state index in [9.17, 15) is 14.3 Å². The highest BCUT2D eigenvalue weighted by Crippen LogP contribution is 2.62. The molecule has 0 aromatic heterocycles. The number of ether oxygens (including phenoxy) is 2. The summed E-state index contributed by atoms with van der Waals surface area (Å²) in [6.45, 7) is 2.13. The lowest BCUT2D eigenvalue weighted by Crippen LogP contribution is -2.07.